The van der Waals surface area contributed by atoms with Gasteiger partial charge in [0.1, 0.15) is 0 Å². The number of nitriles is 1. The second kappa shape index (κ2) is 9.36. The van der Waals surface area contributed by atoms with Crippen LogP contribution in [0, 0.1) is 11.3 Å². The molecule has 7 nitrogen and oxygen atoms in total. The van der Waals surface area contributed by atoms with Crippen molar-refractivity contribution < 1.29 is 43.2 Å². The van der Waals surface area contributed by atoms with Gasteiger partial charge in [-0.3, -0.25) is 9.44 Å². The summed E-state index contributed by atoms with van der Waals surface area (Å²) < 4.78 is 133. The first-order valence-corrected chi connectivity index (χ1v) is 12.4. The molecule has 0 aliphatic carbocycles. The summed E-state index contributed by atoms with van der Waals surface area (Å²) in [7, 11) is -9.43. The van der Waals surface area contributed by atoms with Crippen molar-refractivity contribution in [1.29, 1.82) is 5.26 Å². The fourth-order valence-corrected chi connectivity index (χ4v) is 5.12. The van der Waals surface area contributed by atoms with E-state index in [1.807, 2.05) is 9.44 Å². The lowest BCUT2D eigenvalue weighted by Crippen LogP contribution is -2.19. The Hall–Kier alpha value is -3.77. The van der Waals surface area contributed by atoms with Crippen LogP contribution >= 0.6 is 0 Å². The maximum Gasteiger partial charge on any atom is 0.416 e. The van der Waals surface area contributed by atoms with Crippen LogP contribution in [-0.2, 0) is 32.4 Å². The van der Waals surface area contributed by atoms with Gasteiger partial charge < -0.3 is 0 Å². The SMILES string of the molecule is N#Cc1ccc(NS(=O)(=O)c2cccc(C(F)(F)F)c2)c(NS(=O)(=O)c2cccc(C(F)(F)F)c2)c1. The Labute approximate surface area is 201 Å². The van der Waals surface area contributed by atoms with E-state index in [0.29, 0.717) is 24.3 Å². The lowest BCUT2D eigenvalue weighted by atomic mass is 10.2. The lowest BCUT2D eigenvalue weighted by Gasteiger charge is -2.16. The highest BCUT2D eigenvalue weighted by molar-refractivity contribution is 7.93. The predicted octanol–water partition coefficient (Wildman–Crippen LogP) is 5.20. The molecular weight excluding hydrogens is 536 g/mol. The van der Waals surface area contributed by atoms with E-state index in [4.69, 9.17) is 5.26 Å². The largest absolute Gasteiger partial charge is 0.416 e. The van der Waals surface area contributed by atoms with Crippen molar-refractivity contribution in [2.24, 2.45) is 0 Å². The van der Waals surface area contributed by atoms with Crippen molar-refractivity contribution in [2.45, 2.75) is 22.1 Å². The van der Waals surface area contributed by atoms with Crippen molar-refractivity contribution in [3.63, 3.8) is 0 Å². The Morgan fingerprint density at radius 1 is 0.639 bits per heavy atom. The van der Waals surface area contributed by atoms with Crippen molar-refractivity contribution in [3.05, 3.63) is 83.4 Å². The van der Waals surface area contributed by atoms with Gasteiger partial charge in [-0.05, 0) is 54.6 Å². The van der Waals surface area contributed by atoms with Crippen LogP contribution in [0.5, 0.6) is 0 Å². The molecule has 0 bridgehead atoms. The minimum Gasteiger partial charge on any atom is -0.277 e. The van der Waals surface area contributed by atoms with Crippen LogP contribution in [-0.4, -0.2) is 16.8 Å². The highest BCUT2D eigenvalue weighted by Crippen LogP contribution is 2.34. The number of alkyl halides is 6. The smallest absolute Gasteiger partial charge is 0.277 e. The van der Waals surface area contributed by atoms with Gasteiger partial charge >= 0.3 is 12.4 Å². The standard InChI is InChI=1S/C21H13F6N3O4S2/c22-20(23,24)14-3-1-5-16(10-14)35(31,32)29-18-8-7-13(12-28)9-19(18)30-36(33,34)17-6-2-4-15(11-17)21(25,26)27/h1-11,29-30H. The molecule has 0 atom stereocenters. The molecule has 0 amide bonds. The van der Waals surface area contributed by atoms with E-state index in [9.17, 15) is 43.2 Å². The number of hydrogen-bond acceptors (Lipinski definition) is 5. The predicted molar refractivity (Wildman–Crippen MR) is 116 cm³/mol. The van der Waals surface area contributed by atoms with Crippen LogP contribution in [0.3, 0.4) is 0 Å². The summed E-state index contributed by atoms with van der Waals surface area (Å²) in [6.45, 7) is 0. The quantitative estimate of drug-likeness (QED) is 0.410. The van der Waals surface area contributed by atoms with Gasteiger partial charge in [0.25, 0.3) is 20.0 Å². The van der Waals surface area contributed by atoms with Crippen molar-refractivity contribution in [2.75, 3.05) is 9.44 Å². The van der Waals surface area contributed by atoms with Gasteiger partial charge in [-0.2, -0.15) is 31.6 Å². The van der Waals surface area contributed by atoms with Crippen LogP contribution in [0.25, 0.3) is 0 Å². The van der Waals surface area contributed by atoms with E-state index in [2.05, 4.69) is 0 Å². The molecule has 0 fully saturated rings. The summed E-state index contributed by atoms with van der Waals surface area (Å²) >= 11 is 0. The van der Waals surface area contributed by atoms with Crippen LogP contribution < -0.4 is 9.44 Å². The van der Waals surface area contributed by atoms with Crippen molar-refractivity contribution >= 4 is 31.4 Å². The van der Waals surface area contributed by atoms with E-state index in [-0.39, 0.29) is 5.56 Å². The molecule has 3 rings (SSSR count). The molecule has 3 aromatic rings. The molecular formula is C21H13F6N3O4S2. The summed E-state index contributed by atoms with van der Waals surface area (Å²) in [4.78, 5) is -1.61. The summed E-state index contributed by atoms with van der Waals surface area (Å²) in [5, 5.41) is 9.11. The van der Waals surface area contributed by atoms with Gasteiger partial charge in [0.2, 0.25) is 0 Å². The third kappa shape index (κ3) is 6.07. The molecule has 15 heteroatoms. The van der Waals surface area contributed by atoms with Gasteiger partial charge in [-0.1, -0.05) is 12.1 Å². The Balaban J connectivity index is 2.03. The third-order valence-electron chi connectivity index (χ3n) is 4.58. The Morgan fingerprint density at radius 3 is 1.50 bits per heavy atom. The Bertz CT molecular complexity index is 1560. The van der Waals surface area contributed by atoms with Crippen LogP contribution in [0.4, 0.5) is 37.7 Å². The molecule has 0 aliphatic heterocycles. The molecule has 0 aromatic heterocycles. The maximum absolute atomic E-state index is 13.0. The van der Waals surface area contributed by atoms with Gasteiger partial charge in [-0.25, -0.2) is 16.8 Å². The highest BCUT2D eigenvalue weighted by atomic mass is 32.2. The fourth-order valence-electron chi connectivity index (χ4n) is 2.87. The molecule has 2 N–H and O–H groups in total. The Morgan fingerprint density at radius 2 is 1.08 bits per heavy atom. The van der Waals surface area contributed by atoms with E-state index >= 15 is 0 Å². The monoisotopic (exact) mass is 549 g/mol. The number of rotatable bonds is 6. The molecule has 0 saturated heterocycles. The third-order valence-corrected chi connectivity index (χ3v) is 7.31. The topological polar surface area (TPSA) is 116 Å². The van der Waals surface area contributed by atoms with Gasteiger partial charge in [0.15, 0.2) is 0 Å². The second-order valence-corrected chi connectivity index (χ2v) is 10.5. The van der Waals surface area contributed by atoms with E-state index in [1.165, 1.54) is 0 Å². The molecule has 0 saturated carbocycles. The molecule has 0 radical (unpaired) electrons. The second-order valence-electron chi connectivity index (χ2n) is 7.13. The number of nitrogens with zero attached hydrogens (tertiary/aromatic N) is 1. The summed E-state index contributed by atoms with van der Waals surface area (Å²) in [6, 6.07) is 10.1. The van der Waals surface area contributed by atoms with E-state index in [1.54, 1.807) is 6.07 Å². The molecule has 0 aliphatic rings. The van der Waals surface area contributed by atoms with E-state index in [0.717, 1.165) is 42.5 Å². The first-order chi connectivity index (χ1) is 16.5. The van der Waals surface area contributed by atoms with E-state index < -0.39 is 64.7 Å². The normalized spacial score (nSPS) is 12.6. The minimum absolute atomic E-state index is 0.154. The van der Waals surface area contributed by atoms with Crippen molar-refractivity contribution in [1.82, 2.24) is 0 Å². The molecule has 36 heavy (non-hydrogen) atoms. The first-order valence-electron chi connectivity index (χ1n) is 9.47. The molecule has 0 heterocycles. The van der Waals surface area contributed by atoms with Gasteiger partial charge in [0.05, 0.1) is 43.9 Å². The minimum atomic E-state index is -4.85. The lowest BCUT2D eigenvalue weighted by molar-refractivity contribution is -0.138. The highest BCUT2D eigenvalue weighted by Gasteiger charge is 2.33. The zero-order chi connectivity index (χ0) is 26.9. The number of hydrogen-bond donors (Lipinski definition) is 2. The first kappa shape index (κ1) is 26.8. The van der Waals surface area contributed by atoms with Crippen LogP contribution in [0.2, 0.25) is 0 Å². The zero-order valence-corrected chi connectivity index (χ0v) is 19.1. The summed E-state index contributed by atoms with van der Waals surface area (Å²) in [5.74, 6) is 0. The zero-order valence-electron chi connectivity index (χ0n) is 17.5. The Kier molecular flexibility index (Phi) is 6.97. The molecule has 0 unspecified atom stereocenters. The van der Waals surface area contributed by atoms with Crippen molar-refractivity contribution in [3.8, 4) is 6.07 Å². The summed E-state index contributed by atoms with van der Waals surface area (Å²) in [6.07, 6.45) is -9.69. The van der Waals surface area contributed by atoms with Crippen LogP contribution in [0.1, 0.15) is 16.7 Å². The maximum atomic E-state index is 13.0. The number of nitrogens with one attached hydrogen (secondary N) is 2. The van der Waals surface area contributed by atoms with Gasteiger partial charge in [0, 0.05) is 0 Å². The average molecular weight is 549 g/mol. The number of sulfonamides is 2. The number of anilines is 2. The fraction of sp³-hybridized carbons (Fsp3) is 0.0952. The average Bonchev–Trinajstić information content (AvgIpc) is 2.79. The molecule has 190 valence electrons. The number of benzene rings is 3. The molecule has 0 spiro atoms. The summed E-state index contributed by atoms with van der Waals surface area (Å²) in [5.41, 5.74) is -3.72. The van der Waals surface area contributed by atoms with Crippen LogP contribution in [0.15, 0.2) is 76.5 Å². The number of halogens is 6. The molecule has 3 aromatic carbocycles. The van der Waals surface area contributed by atoms with Gasteiger partial charge in [-0.15, -0.1) is 0 Å².